The van der Waals surface area contributed by atoms with E-state index >= 15 is 0 Å². The minimum atomic E-state index is -0.577. The van der Waals surface area contributed by atoms with E-state index in [2.05, 4.69) is 17.9 Å². The van der Waals surface area contributed by atoms with Crippen molar-refractivity contribution < 1.29 is 18.7 Å². The van der Waals surface area contributed by atoms with Gasteiger partial charge in [0.05, 0.1) is 17.7 Å². The second kappa shape index (κ2) is 11.8. The zero-order valence-electron chi connectivity index (χ0n) is 23.1. The zero-order valence-corrected chi connectivity index (χ0v) is 23.9. The van der Waals surface area contributed by atoms with Crippen LogP contribution in [0.4, 0.5) is 14.9 Å². The van der Waals surface area contributed by atoms with Gasteiger partial charge in [-0.15, -0.1) is 0 Å². The molecule has 0 spiro atoms. The molecule has 5 rings (SSSR count). The topological polar surface area (TPSA) is 76.9 Å². The van der Waals surface area contributed by atoms with Crippen LogP contribution in [0.25, 0.3) is 0 Å². The number of likely N-dealkylation sites (N-methyl/N-ethyl adjacent to an activating group) is 1. The molecule has 9 heteroatoms. The predicted octanol–water partition coefficient (Wildman–Crippen LogP) is 5.87. The van der Waals surface area contributed by atoms with Crippen molar-refractivity contribution in [1.82, 2.24) is 9.80 Å². The summed E-state index contributed by atoms with van der Waals surface area (Å²) >= 11 is 6.17. The standard InChI is InChI=1S/C32H32ClFN4O3/c1-32(24-5-7-25(33)8-6-24)21-38(20-29(32)36(2)31(40)41-28-13-9-26(34)10-14-28)30(39)23-15-17-37(18-16-23)27-11-3-22(19-35)4-12-27/h3-14,23,29H,15-18,20-21H2,1-2H3. The number of likely N-dealkylation sites (tertiary alicyclic amines) is 1. The number of hydrogen-bond acceptors (Lipinski definition) is 5. The van der Waals surface area contributed by atoms with Crippen molar-refractivity contribution in [1.29, 1.82) is 5.26 Å². The van der Waals surface area contributed by atoms with E-state index in [0.717, 1.165) is 37.2 Å². The van der Waals surface area contributed by atoms with E-state index in [0.29, 0.717) is 23.7 Å². The molecule has 0 aromatic heterocycles. The van der Waals surface area contributed by atoms with Crippen molar-refractivity contribution in [2.45, 2.75) is 31.2 Å². The fourth-order valence-corrected chi connectivity index (χ4v) is 6.13. The van der Waals surface area contributed by atoms with Gasteiger partial charge in [0, 0.05) is 55.3 Å². The molecule has 41 heavy (non-hydrogen) atoms. The molecule has 212 valence electrons. The van der Waals surface area contributed by atoms with Crippen LogP contribution in [0.2, 0.25) is 5.02 Å². The van der Waals surface area contributed by atoms with Crippen molar-refractivity contribution in [2.24, 2.45) is 5.92 Å². The molecular weight excluding hydrogens is 543 g/mol. The molecule has 2 aliphatic rings. The molecule has 3 aromatic rings. The predicted molar refractivity (Wildman–Crippen MR) is 155 cm³/mol. The molecule has 2 fully saturated rings. The quantitative estimate of drug-likeness (QED) is 0.381. The van der Waals surface area contributed by atoms with Crippen molar-refractivity contribution in [3.05, 3.63) is 94.8 Å². The third kappa shape index (κ3) is 6.01. The summed E-state index contributed by atoms with van der Waals surface area (Å²) in [6, 6.07) is 22.1. The fraction of sp³-hybridized carbons (Fsp3) is 0.344. The highest BCUT2D eigenvalue weighted by atomic mass is 35.5. The van der Waals surface area contributed by atoms with E-state index in [1.165, 1.54) is 24.3 Å². The highest BCUT2D eigenvalue weighted by Crippen LogP contribution is 2.39. The Morgan fingerprint density at radius 1 is 1.02 bits per heavy atom. The summed E-state index contributed by atoms with van der Waals surface area (Å²) in [6.45, 7) is 4.37. The molecule has 0 radical (unpaired) electrons. The van der Waals surface area contributed by atoms with Crippen LogP contribution in [-0.2, 0) is 10.2 Å². The first-order valence-corrected chi connectivity index (χ1v) is 14.1. The van der Waals surface area contributed by atoms with Gasteiger partial charge in [-0.1, -0.05) is 30.7 Å². The van der Waals surface area contributed by atoms with E-state index < -0.39 is 17.3 Å². The van der Waals surface area contributed by atoms with Crippen LogP contribution in [-0.4, -0.2) is 61.1 Å². The van der Waals surface area contributed by atoms with E-state index in [1.807, 2.05) is 53.4 Å². The lowest BCUT2D eigenvalue weighted by molar-refractivity contribution is -0.135. The Labute approximate surface area is 244 Å². The minimum Gasteiger partial charge on any atom is -0.410 e. The van der Waals surface area contributed by atoms with Crippen LogP contribution >= 0.6 is 11.6 Å². The Morgan fingerprint density at radius 2 is 1.66 bits per heavy atom. The lowest BCUT2D eigenvalue weighted by Gasteiger charge is -2.36. The second-order valence-electron chi connectivity index (χ2n) is 11.0. The van der Waals surface area contributed by atoms with Crippen LogP contribution in [0, 0.1) is 23.1 Å². The van der Waals surface area contributed by atoms with E-state index in [4.69, 9.17) is 21.6 Å². The third-order valence-electron chi connectivity index (χ3n) is 8.44. The molecule has 0 bridgehead atoms. The third-order valence-corrected chi connectivity index (χ3v) is 8.70. The number of hydrogen-bond donors (Lipinski definition) is 0. The van der Waals surface area contributed by atoms with E-state index in [9.17, 15) is 14.0 Å². The number of carbonyl (C=O) groups is 2. The molecule has 0 saturated carbocycles. The smallest absolute Gasteiger partial charge is 0.410 e. The summed E-state index contributed by atoms with van der Waals surface area (Å²) < 4.78 is 18.9. The number of ether oxygens (including phenoxy) is 1. The van der Waals surface area contributed by atoms with Crippen LogP contribution < -0.4 is 9.64 Å². The molecule has 2 heterocycles. The molecule has 2 atom stereocenters. The number of amides is 2. The number of halogens is 2. The molecule has 0 N–H and O–H groups in total. The molecule has 2 unspecified atom stereocenters. The number of carbonyl (C=O) groups excluding carboxylic acids is 2. The van der Waals surface area contributed by atoms with E-state index in [1.54, 1.807) is 11.9 Å². The first kappa shape index (κ1) is 28.4. The Kier molecular flexibility index (Phi) is 8.18. The highest BCUT2D eigenvalue weighted by Gasteiger charge is 2.50. The number of benzene rings is 3. The number of piperidine rings is 1. The van der Waals surface area contributed by atoms with E-state index in [-0.39, 0.29) is 23.6 Å². The largest absolute Gasteiger partial charge is 0.415 e. The summed E-state index contributed by atoms with van der Waals surface area (Å²) in [5.41, 5.74) is 2.07. The van der Waals surface area contributed by atoms with Gasteiger partial charge in [0.2, 0.25) is 5.91 Å². The second-order valence-corrected chi connectivity index (χ2v) is 11.4. The summed E-state index contributed by atoms with van der Waals surface area (Å²) in [5, 5.41) is 9.68. The Balaban J connectivity index is 1.31. The number of nitrogens with zero attached hydrogens (tertiary/aromatic N) is 4. The Hall–Kier alpha value is -4.09. The van der Waals surface area contributed by atoms with Crippen molar-refractivity contribution >= 4 is 29.3 Å². The van der Waals surface area contributed by atoms with Crippen molar-refractivity contribution in [3.8, 4) is 11.8 Å². The average Bonchev–Trinajstić information content (AvgIpc) is 3.36. The summed E-state index contributed by atoms with van der Waals surface area (Å²) in [6.07, 6.45) is 0.868. The molecule has 2 aliphatic heterocycles. The Morgan fingerprint density at radius 3 is 2.27 bits per heavy atom. The van der Waals surface area contributed by atoms with Gasteiger partial charge in [0.1, 0.15) is 11.6 Å². The molecule has 2 saturated heterocycles. The lowest BCUT2D eigenvalue weighted by Crippen LogP contribution is -2.50. The maximum atomic E-state index is 13.8. The molecular formula is C32H32ClFN4O3. The van der Waals surface area contributed by atoms with Gasteiger partial charge in [-0.05, 0) is 79.1 Å². The average molecular weight is 575 g/mol. The summed E-state index contributed by atoms with van der Waals surface area (Å²) in [7, 11) is 1.68. The fourth-order valence-electron chi connectivity index (χ4n) is 6.00. The zero-order chi connectivity index (χ0) is 29.1. The van der Waals surface area contributed by atoms with Gasteiger partial charge >= 0.3 is 6.09 Å². The number of rotatable bonds is 5. The SMILES string of the molecule is CN(C(=O)Oc1ccc(F)cc1)C1CN(C(=O)C2CCN(c3ccc(C#N)cc3)CC2)CC1(C)c1ccc(Cl)cc1. The first-order chi connectivity index (χ1) is 19.7. The van der Waals surface area contributed by atoms with Gasteiger partial charge in [0.15, 0.2) is 0 Å². The number of anilines is 1. The Bertz CT molecular complexity index is 1430. The summed E-state index contributed by atoms with van der Waals surface area (Å²) in [5.74, 6) is -0.195. The normalized spacial score (nSPS) is 20.9. The van der Waals surface area contributed by atoms with Gasteiger partial charge in [0.25, 0.3) is 0 Å². The highest BCUT2D eigenvalue weighted by molar-refractivity contribution is 6.30. The molecule has 7 nitrogen and oxygen atoms in total. The van der Waals surface area contributed by atoms with Gasteiger partial charge < -0.3 is 19.4 Å². The minimum absolute atomic E-state index is 0.0902. The van der Waals surface area contributed by atoms with Crippen molar-refractivity contribution in [3.63, 3.8) is 0 Å². The molecule has 0 aliphatic carbocycles. The lowest BCUT2D eigenvalue weighted by atomic mass is 9.77. The van der Waals surface area contributed by atoms with Crippen molar-refractivity contribution in [2.75, 3.05) is 38.1 Å². The monoisotopic (exact) mass is 574 g/mol. The molecule has 2 amide bonds. The number of nitriles is 1. The maximum absolute atomic E-state index is 13.8. The summed E-state index contributed by atoms with van der Waals surface area (Å²) in [4.78, 5) is 32.7. The van der Waals surface area contributed by atoms with Crippen LogP contribution in [0.15, 0.2) is 72.8 Å². The van der Waals surface area contributed by atoms with Gasteiger partial charge in [-0.3, -0.25) is 4.79 Å². The van der Waals surface area contributed by atoms with Crippen LogP contribution in [0.3, 0.4) is 0 Å². The molecule has 3 aromatic carbocycles. The van der Waals surface area contributed by atoms with Gasteiger partial charge in [-0.25, -0.2) is 9.18 Å². The van der Waals surface area contributed by atoms with Gasteiger partial charge in [-0.2, -0.15) is 5.26 Å². The maximum Gasteiger partial charge on any atom is 0.415 e. The first-order valence-electron chi connectivity index (χ1n) is 13.7. The van der Waals surface area contributed by atoms with Crippen LogP contribution in [0.5, 0.6) is 5.75 Å². The van der Waals surface area contributed by atoms with Crippen LogP contribution in [0.1, 0.15) is 30.9 Å².